The van der Waals surface area contributed by atoms with Gasteiger partial charge in [-0.3, -0.25) is 4.79 Å². The molecule has 88 valence electrons. The van der Waals surface area contributed by atoms with Crippen molar-refractivity contribution in [1.82, 2.24) is 0 Å². The molecular formula is C12H15BrO3. The molecule has 0 saturated heterocycles. The first kappa shape index (κ1) is 13.2. The third-order valence-electron chi connectivity index (χ3n) is 2.47. The Morgan fingerprint density at radius 2 is 2.00 bits per heavy atom. The molecule has 1 N–H and O–H groups in total. The number of ether oxygens (including phenoxy) is 1. The van der Waals surface area contributed by atoms with Gasteiger partial charge in [-0.2, -0.15) is 0 Å². The van der Waals surface area contributed by atoms with Gasteiger partial charge in [-0.1, -0.05) is 35.0 Å². The maximum absolute atomic E-state index is 11.1. The molecule has 0 bridgehead atoms. The van der Waals surface area contributed by atoms with E-state index in [-0.39, 0.29) is 18.3 Å². The predicted octanol–water partition coefficient (Wildman–Crippen LogP) is 2.68. The first-order chi connectivity index (χ1) is 7.54. The summed E-state index contributed by atoms with van der Waals surface area (Å²) in [6.45, 7) is 1.82. The molecule has 0 fully saturated rings. The Morgan fingerprint density at radius 3 is 2.50 bits per heavy atom. The van der Waals surface area contributed by atoms with Crippen LogP contribution in [0.15, 0.2) is 28.7 Å². The minimum atomic E-state index is -0.646. The molecule has 0 heterocycles. The van der Waals surface area contributed by atoms with Crippen LogP contribution in [0.5, 0.6) is 0 Å². The second-order valence-electron chi connectivity index (χ2n) is 3.75. The lowest BCUT2D eigenvalue weighted by molar-refractivity contribution is -0.142. The molecule has 0 saturated carbocycles. The number of aliphatic hydroxyl groups is 1. The third-order valence-corrected chi connectivity index (χ3v) is 3.00. The van der Waals surface area contributed by atoms with Crippen LogP contribution in [-0.4, -0.2) is 18.2 Å². The largest absolute Gasteiger partial charge is 0.469 e. The van der Waals surface area contributed by atoms with Crippen LogP contribution in [0.25, 0.3) is 0 Å². The molecule has 1 aromatic carbocycles. The van der Waals surface area contributed by atoms with Gasteiger partial charge in [0.05, 0.1) is 19.6 Å². The van der Waals surface area contributed by atoms with E-state index in [0.717, 1.165) is 10.0 Å². The number of halogens is 1. The average Bonchev–Trinajstić information content (AvgIpc) is 2.28. The Balaban J connectivity index is 2.66. The molecule has 3 nitrogen and oxygen atoms in total. The number of rotatable bonds is 4. The fraction of sp³-hybridized carbons (Fsp3) is 0.417. The number of carbonyl (C=O) groups excluding carboxylic acids is 1. The fourth-order valence-electron chi connectivity index (χ4n) is 1.45. The highest BCUT2D eigenvalue weighted by molar-refractivity contribution is 9.10. The van der Waals surface area contributed by atoms with Crippen molar-refractivity contribution in [1.29, 1.82) is 0 Å². The van der Waals surface area contributed by atoms with Crippen LogP contribution in [-0.2, 0) is 9.53 Å². The van der Waals surface area contributed by atoms with Gasteiger partial charge in [-0.25, -0.2) is 0 Å². The van der Waals surface area contributed by atoms with Crippen LogP contribution in [0.3, 0.4) is 0 Å². The van der Waals surface area contributed by atoms with Crippen molar-refractivity contribution in [2.45, 2.75) is 19.4 Å². The highest BCUT2D eigenvalue weighted by Gasteiger charge is 2.19. The van der Waals surface area contributed by atoms with E-state index < -0.39 is 6.10 Å². The van der Waals surface area contributed by atoms with Crippen molar-refractivity contribution in [3.63, 3.8) is 0 Å². The normalized spacial score (nSPS) is 14.2. The van der Waals surface area contributed by atoms with Crippen molar-refractivity contribution in [3.05, 3.63) is 34.3 Å². The van der Waals surface area contributed by atoms with Gasteiger partial charge in [0.1, 0.15) is 0 Å². The summed E-state index contributed by atoms with van der Waals surface area (Å²) in [7, 11) is 1.35. The standard InChI is InChI=1S/C12H15BrO3/c1-8(7-11(14)16-2)12(15)9-3-5-10(13)6-4-9/h3-6,8,12,15H,7H2,1-2H3. The van der Waals surface area contributed by atoms with E-state index in [1.165, 1.54) is 7.11 Å². The summed E-state index contributed by atoms with van der Waals surface area (Å²) in [4.78, 5) is 11.1. The number of carbonyl (C=O) groups is 1. The Hall–Kier alpha value is -0.870. The zero-order valence-electron chi connectivity index (χ0n) is 9.31. The highest BCUT2D eigenvalue weighted by Crippen LogP contribution is 2.25. The lowest BCUT2D eigenvalue weighted by atomic mass is 9.95. The summed E-state index contributed by atoms with van der Waals surface area (Å²) in [5, 5.41) is 10.0. The summed E-state index contributed by atoms with van der Waals surface area (Å²) >= 11 is 3.33. The van der Waals surface area contributed by atoms with E-state index in [4.69, 9.17) is 0 Å². The molecule has 0 spiro atoms. The van der Waals surface area contributed by atoms with Gasteiger partial charge < -0.3 is 9.84 Å². The Kier molecular flexibility index (Phi) is 4.96. The third kappa shape index (κ3) is 3.61. The minimum Gasteiger partial charge on any atom is -0.469 e. The molecule has 4 heteroatoms. The SMILES string of the molecule is COC(=O)CC(C)C(O)c1ccc(Br)cc1. The summed E-state index contributed by atoms with van der Waals surface area (Å²) in [5.41, 5.74) is 0.805. The van der Waals surface area contributed by atoms with Crippen LogP contribution >= 0.6 is 15.9 Å². The molecule has 1 aromatic rings. The first-order valence-electron chi connectivity index (χ1n) is 5.05. The van der Waals surface area contributed by atoms with E-state index in [2.05, 4.69) is 20.7 Å². The number of hydrogen-bond acceptors (Lipinski definition) is 3. The van der Waals surface area contributed by atoms with E-state index in [1.807, 2.05) is 31.2 Å². The highest BCUT2D eigenvalue weighted by atomic mass is 79.9. The lowest BCUT2D eigenvalue weighted by Gasteiger charge is -2.18. The molecule has 0 aliphatic heterocycles. The Morgan fingerprint density at radius 1 is 1.44 bits per heavy atom. The van der Waals surface area contributed by atoms with Gasteiger partial charge in [0, 0.05) is 4.47 Å². The summed E-state index contributed by atoms with van der Waals surface area (Å²) in [6.07, 6.45) is -0.430. The number of benzene rings is 1. The molecule has 0 aliphatic carbocycles. The van der Waals surface area contributed by atoms with Crippen molar-refractivity contribution in [2.24, 2.45) is 5.92 Å². The Bertz CT molecular complexity index is 348. The first-order valence-corrected chi connectivity index (χ1v) is 5.84. The van der Waals surface area contributed by atoms with Crippen molar-refractivity contribution >= 4 is 21.9 Å². The van der Waals surface area contributed by atoms with Crippen molar-refractivity contribution in [2.75, 3.05) is 7.11 Å². The van der Waals surface area contributed by atoms with E-state index in [1.54, 1.807) is 0 Å². The van der Waals surface area contributed by atoms with Crippen molar-refractivity contribution < 1.29 is 14.6 Å². The summed E-state index contributed by atoms with van der Waals surface area (Å²) < 4.78 is 5.53. The predicted molar refractivity (Wildman–Crippen MR) is 64.9 cm³/mol. The number of esters is 1. The average molecular weight is 287 g/mol. The molecular weight excluding hydrogens is 272 g/mol. The molecule has 0 aliphatic rings. The van der Waals surface area contributed by atoms with Crippen LogP contribution in [0.2, 0.25) is 0 Å². The van der Waals surface area contributed by atoms with Gasteiger partial charge in [0.15, 0.2) is 0 Å². The maximum atomic E-state index is 11.1. The second kappa shape index (κ2) is 6.01. The smallest absolute Gasteiger partial charge is 0.305 e. The van der Waals surface area contributed by atoms with Gasteiger partial charge >= 0.3 is 5.97 Å². The number of hydrogen-bond donors (Lipinski definition) is 1. The summed E-state index contributed by atoms with van der Waals surface area (Å²) in [6, 6.07) is 7.40. The molecule has 2 unspecified atom stereocenters. The van der Waals surface area contributed by atoms with Crippen LogP contribution in [0.4, 0.5) is 0 Å². The van der Waals surface area contributed by atoms with Crippen molar-refractivity contribution in [3.8, 4) is 0 Å². The second-order valence-corrected chi connectivity index (χ2v) is 4.67. The van der Waals surface area contributed by atoms with E-state index in [9.17, 15) is 9.90 Å². The zero-order chi connectivity index (χ0) is 12.1. The minimum absolute atomic E-state index is 0.159. The van der Waals surface area contributed by atoms with Gasteiger partial charge in [0.25, 0.3) is 0 Å². The maximum Gasteiger partial charge on any atom is 0.305 e. The Labute approximate surface area is 104 Å². The lowest BCUT2D eigenvalue weighted by Crippen LogP contribution is -2.14. The number of aliphatic hydroxyl groups excluding tert-OH is 1. The quantitative estimate of drug-likeness (QED) is 0.866. The molecule has 0 radical (unpaired) electrons. The topological polar surface area (TPSA) is 46.5 Å². The molecule has 1 rings (SSSR count). The monoisotopic (exact) mass is 286 g/mol. The molecule has 16 heavy (non-hydrogen) atoms. The van der Waals surface area contributed by atoms with Crippen LogP contribution < -0.4 is 0 Å². The summed E-state index contributed by atoms with van der Waals surface area (Å²) in [5.74, 6) is -0.461. The molecule has 0 aromatic heterocycles. The fourth-order valence-corrected chi connectivity index (χ4v) is 1.71. The van der Waals surface area contributed by atoms with Gasteiger partial charge in [-0.05, 0) is 23.6 Å². The zero-order valence-corrected chi connectivity index (χ0v) is 10.9. The molecule has 2 atom stereocenters. The van der Waals surface area contributed by atoms with E-state index in [0.29, 0.717) is 0 Å². The molecule has 0 amide bonds. The number of methoxy groups -OCH3 is 1. The van der Waals surface area contributed by atoms with Crippen LogP contribution in [0.1, 0.15) is 25.0 Å². The van der Waals surface area contributed by atoms with Crippen LogP contribution in [0, 0.1) is 5.92 Å². The van der Waals surface area contributed by atoms with Gasteiger partial charge in [-0.15, -0.1) is 0 Å². The van der Waals surface area contributed by atoms with Gasteiger partial charge in [0.2, 0.25) is 0 Å². The van der Waals surface area contributed by atoms with E-state index >= 15 is 0 Å².